The first-order chi connectivity index (χ1) is 19.6. The van der Waals surface area contributed by atoms with Crippen molar-refractivity contribution in [3.8, 4) is 5.88 Å². The zero-order valence-electron chi connectivity index (χ0n) is 23.3. The van der Waals surface area contributed by atoms with Gasteiger partial charge in [-0.05, 0) is 27.7 Å². The lowest BCUT2D eigenvalue weighted by Gasteiger charge is -2.27. The van der Waals surface area contributed by atoms with E-state index in [4.69, 9.17) is 24.5 Å². The van der Waals surface area contributed by atoms with E-state index in [9.17, 15) is 29.2 Å². The Bertz CT molecular complexity index is 1410. The molecular weight excluding hydrogens is 599 g/mol. The molecule has 7 atom stereocenters. The number of fused-ring (bicyclic) bond motifs is 1. The van der Waals surface area contributed by atoms with Crippen molar-refractivity contribution >= 4 is 53.1 Å². The van der Waals surface area contributed by atoms with Gasteiger partial charge in [0.2, 0.25) is 11.8 Å². The molecule has 2 aromatic heterocycles. The summed E-state index contributed by atoms with van der Waals surface area (Å²) in [4.78, 5) is 48.2. The topological polar surface area (TPSA) is 251 Å². The van der Waals surface area contributed by atoms with Crippen LogP contribution >= 0.6 is 18.1 Å². The zero-order chi connectivity index (χ0) is 31.0. The lowest BCUT2D eigenvalue weighted by atomic mass is 9.96. The second-order valence-corrected chi connectivity index (χ2v) is 14.4. The maximum Gasteiger partial charge on any atom is 0.327 e. The third-order valence-electron chi connectivity index (χ3n) is 6.34. The molecular formula is C22H33N8O10PS. The largest absolute Gasteiger partial charge is 0.479 e. The number of carbonyl (C=O) groups excluding carboxylic acids is 3. The lowest BCUT2D eigenvalue weighted by Crippen LogP contribution is -2.44. The Morgan fingerprint density at radius 3 is 2.69 bits per heavy atom. The molecule has 4 heterocycles. The van der Waals surface area contributed by atoms with Gasteiger partial charge in [0.1, 0.15) is 29.9 Å². The fourth-order valence-electron chi connectivity index (χ4n) is 4.25. The Kier molecular flexibility index (Phi) is 9.31. The maximum atomic E-state index is 13.9. The second kappa shape index (κ2) is 12.3. The number of hydrogen-bond donors (Lipinski definition) is 6. The summed E-state index contributed by atoms with van der Waals surface area (Å²) in [6, 6.07) is -2.80. The molecule has 3 amide bonds. The van der Waals surface area contributed by atoms with Crippen molar-refractivity contribution in [2.24, 2.45) is 0 Å². The van der Waals surface area contributed by atoms with E-state index < -0.39 is 73.5 Å². The van der Waals surface area contributed by atoms with Crippen molar-refractivity contribution in [2.75, 3.05) is 25.2 Å². The fraction of sp³-hybridized carbons (Fsp3) is 0.636. The summed E-state index contributed by atoms with van der Waals surface area (Å²) in [5.41, 5.74) is 4.26. The predicted molar refractivity (Wildman–Crippen MR) is 147 cm³/mol. The molecule has 42 heavy (non-hydrogen) atoms. The van der Waals surface area contributed by atoms with E-state index in [0.717, 1.165) is 0 Å². The maximum absolute atomic E-state index is 13.9. The minimum absolute atomic E-state index is 0.0932. The van der Waals surface area contributed by atoms with Crippen LogP contribution in [0.15, 0.2) is 6.33 Å². The van der Waals surface area contributed by atoms with Gasteiger partial charge in [-0.2, -0.15) is 9.97 Å². The number of nitrogens with one attached hydrogen (secondary N) is 3. The average molecular weight is 633 g/mol. The molecule has 232 valence electrons. The first-order valence-corrected chi connectivity index (χ1v) is 16.0. The van der Waals surface area contributed by atoms with E-state index in [2.05, 4.69) is 30.7 Å². The normalized spacial score (nSPS) is 28.0. The van der Waals surface area contributed by atoms with Crippen LogP contribution in [0, 0.1) is 0 Å². The molecule has 2 saturated heterocycles. The third kappa shape index (κ3) is 6.61. The summed E-state index contributed by atoms with van der Waals surface area (Å²) >= 11 is 0.661. The Morgan fingerprint density at radius 1 is 1.36 bits per heavy atom. The van der Waals surface area contributed by atoms with Gasteiger partial charge in [0, 0.05) is 5.75 Å². The van der Waals surface area contributed by atoms with Crippen molar-refractivity contribution in [1.29, 1.82) is 0 Å². The van der Waals surface area contributed by atoms with Crippen LogP contribution in [0.3, 0.4) is 0 Å². The highest BCUT2D eigenvalue weighted by Crippen LogP contribution is 2.57. The number of amides is 3. The summed E-state index contributed by atoms with van der Waals surface area (Å²) in [5, 5.41) is 29.3. The highest BCUT2D eigenvalue weighted by Gasteiger charge is 2.54. The first-order valence-electron chi connectivity index (χ1n) is 12.7. The number of ether oxygens (including phenoxy) is 3. The molecule has 4 rings (SSSR count). The quantitative estimate of drug-likeness (QED) is 0.0972. The van der Waals surface area contributed by atoms with Gasteiger partial charge < -0.3 is 40.0 Å². The summed E-state index contributed by atoms with van der Waals surface area (Å²) < 4.78 is 37.2. The molecule has 1 unspecified atom stereocenters. The molecule has 18 nitrogen and oxygen atoms in total. The number of aliphatic hydroxyl groups is 2. The minimum atomic E-state index is -4.04. The standard InChI is InChI=1S/C22H33N8O10PS/c1-9(2)39-18(33)10(3)29-41(36,42-7-11-16(32)27-21(34)25-11)38-6-12-14(31)22(4,35)19(40-12)30-8-24-13-15(30)26-20(23)28-17(13)37-5/h8-12,14,19,31,35H,6-7H2,1-5H3,(H,29,36)(H2,23,26,28)(H2,25,27,32,34)/t10-,11?,12+,14+,19+,22+,41-/m0/s1. The minimum Gasteiger partial charge on any atom is -0.479 e. The van der Waals surface area contributed by atoms with Crippen molar-refractivity contribution in [2.45, 2.75) is 69.9 Å². The number of rotatable bonds is 12. The van der Waals surface area contributed by atoms with E-state index in [1.54, 1.807) is 13.8 Å². The molecule has 0 saturated carbocycles. The number of anilines is 1. The van der Waals surface area contributed by atoms with Gasteiger partial charge in [0.15, 0.2) is 17.4 Å². The van der Waals surface area contributed by atoms with Gasteiger partial charge in [0.25, 0.3) is 5.91 Å². The van der Waals surface area contributed by atoms with Crippen LogP contribution in [0.2, 0.25) is 0 Å². The number of nitrogens with two attached hydrogens (primary N) is 1. The third-order valence-corrected chi connectivity index (χ3v) is 10.5. The van der Waals surface area contributed by atoms with Crippen LogP contribution in [0.5, 0.6) is 5.88 Å². The number of hydrogen-bond acceptors (Lipinski definition) is 15. The van der Waals surface area contributed by atoms with Crippen LogP contribution in [0.4, 0.5) is 10.7 Å². The Morgan fingerprint density at radius 2 is 2.07 bits per heavy atom. The average Bonchev–Trinajstić information content (AvgIpc) is 3.53. The molecule has 0 spiro atoms. The fourth-order valence-corrected chi connectivity index (χ4v) is 8.12. The van der Waals surface area contributed by atoms with Gasteiger partial charge >= 0.3 is 18.7 Å². The van der Waals surface area contributed by atoms with Crippen LogP contribution < -0.4 is 26.2 Å². The first kappa shape index (κ1) is 31.9. The number of esters is 1. The number of nitrogens with zero attached hydrogens (tertiary/aromatic N) is 4. The van der Waals surface area contributed by atoms with Crippen LogP contribution in [0.1, 0.15) is 33.9 Å². The van der Waals surface area contributed by atoms with Gasteiger partial charge in [-0.3, -0.25) is 24.0 Å². The molecule has 2 fully saturated rings. The van der Waals surface area contributed by atoms with E-state index >= 15 is 0 Å². The van der Waals surface area contributed by atoms with Gasteiger partial charge in [-0.15, -0.1) is 0 Å². The lowest BCUT2D eigenvalue weighted by molar-refractivity contribution is -0.149. The molecule has 2 aliphatic rings. The number of urea groups is 1. The monoisotopic (exact) mass is 632 g/mol. The van der Waals surface area contributed by atoms with Crippen molar-refractivity contribution in [3.05, 3.63) is 6.33 Å². The molecule has 0 bridgehead atoms. The summed E-state index contributed by atoms with van der Waals surface area (Å²) in [5.74, 6) is -1.53. The molecule has 20 heteroatoms. The highest BCUT2D eigenvalue weighted by atomic mass is 32.7. The summed E-state index contributed by atoms with van der Waals surface area (Å²) in [7, 11) is 1.38. The summed E-state index contributed by atoms with van der Waals surface area (Å²) in [6.07, 6.45) is -3.16. The van der Waals surface area contributed by atoms with Gasteiger partial charge in [-0.25, -0.2) is 14.9 Å². The van der Waals surface area contributed by atoms with E-state index in [1.165, 1.54) is 31.9 Å². The number of methoxy groups -OCH3 is 1. The Balaban J connectivity index is 1.53. The van der Waals surface area contributed by atoms with E-state index in [1.807, 2.05) is 0 Å². The number of imidazole rings is 1. The smallest absolute Gasteiger partial charge is 0.327 e. The van der Waals surface area contributed by atoms with Gasteiger partial charge in [-0.1, -0.05) is 11.4 Å². The number of carbonyl (C=O) groups is 3. The molecule has 0 radical (unpaired) electrons. The van der Waals surface area contributed by atoms with Crippen LogP contribution in [0.25, 0.3) is 11.2 Å². The Labute approximate surface area is 243 Å². The van der Waals surface area contributed by atoms with Crippen molar-refractivity contribution in [1.82, 2.24) is 35.2 Å². The van der Waals surface area contributed by atoms with E-state index in [-0.39, 0.29) is 28.7 Å². The number of nitrogen functional groups attached to an aromatic ring is 1. The predicted octanol–water partition coefficient (Wildman–Crippen LogP) is -0.578. The highest BCUT2D eigenvalue weighted by molar-refractivity contribution is 8.56. The Hall–Kier alpha value is -3.06. The number of aromatic nitrogens is 4. The van der Waals surface area contributed by atoms with Gasteiger partial charge in [0.05, 0.1) is 26.1 Å². The molecule has 7 N–H and O–H groups in total. The molecule has 0 aromatic carbocycles. The zero-order valence-corrected chi connectivity index (χ0v) is 25.0. The SMILES string of the molecule is COc1nc(N)nc2c1ncn2[C@@H]1O[C@H](CO[P@@](=O)(N[C@@H](C)C(=O)OC(C)C)SCC2NC(=O)NC2=O)[C@@H](O)[C@@]1(C)O. The molecule has 2 aromatic rings. The van der Waals surface area contributed by atoms with Crippen LogP contribution in [-0.4, -0.2) is 103 Å². The molecule has 0 aliphatic carbocycles. The number of imide groups is 1. The van der Waals surface area contributed by atoms with Crippen molar-refractivity contribution in [3.63, 3.8) is 0 Å². The summed E-state index contributed by atoms with van der Waals surface area (Å²) in [6.45, 7) is 1.48. The van der Waals surface area contributed by atoms with Crippen molar-refractivity contribution < 1.29 is 47.9 Å². The van der Waals surface area contributed by atoms with E-state index in [0.29, 0.717) is 11.4 Å². The second-order valence-electron chi connectivity index (χ2n) is 10.1. The van der Waals surface area contributed by atoms with Crippen LogP contribution in [-0.2, 0) is 28.2 Å². The molecule has 2 aliphatic heterocycles. The number of aliphatic hydroxyl groups excluding tert-OH is 1.